The summed E-state index contributed by atoms with van der Waals surface area (Å²) in [5.74, 6) is 3.02. The number of pyridine rings is 1. The summed E-state index contributed by atoms with van der Waals surface area (Å²) in [6.45, 7) is 1.61. The number of hydrogen-bond donors (Lipinski definition) is 2. The van der Waals surface area contributed by atoms with Crippen LogP contribution in [0.2, 0.25) is 5.02 Å². The number of aromatic nitrogens is 5. The molecule has 3 aromatic heterocycles. The van der Waals surface area contributed by atoms with E-state index < -0.39 is 0 Å². The first kappa shape index (κ1) is 21.4. The highest BCUT2D eigenvalue weighted by Crippen LogP contribution is 2.37. The number of nitrogens with one attached hydrogen (secondary N) is 2. The van der Waals surface area contributed by atoms with Crippen LogP contribution in [0.3, 0.4) is 0 Å². The van der Waals surface area contributed by atoms with Gasteiger partial charge in [0.2, 0.25) is 0 Å². The SMILES string of the molecule is COc1cc2ncnc(Nc3ccc(Oc4ccn5ncnc5c4)c(Cl)c3)c2cc1OC1CNC1. The zero-order chi connectivity index (χ0) is 23.8. The van der Waals surface area contributed by atoms with Gasteiger partial charge in [0, 0.05) is 42.5 Å². The Balaban J connectivity index is 1.27. The second-order valence-corrected chi connectivity index (χ2v) is 8.35. The standard InChI is InChI=1S/C24H20ClN7O3/c1-33-21-9-19-17(8-22(21)35-16-10-26-11-16)24(29-12-27-19)31-14-2-3-20(18(25)6-14)34-15-4-5-32-23(7-15)28-13-30-32/h2-9,12-13,16,26H,10-11H2,1H3,(H,27,29,31). The first-order chi connectivity index (χ1) is 17.2. The fourth-order valence-corrected chi connectivity index (χ4v) is 3.94. The van der Waals surface area contributed by atoms with E-state index in [9.17, 15) is 0 Å². The van der Waals surface area contributed by atoms with Crippen molar-refractivity contribution in [3.05, 3.63) is 66.3 Å². The molecule has 1 fully saturated rings. The molecule has 6 rings (SSSR count). The van der Waals surface area contributed by atoms with Crippen LogP contribution in [0.25, 0.3) is 16.6 Å². The van der Waals surface area contributed by atoms with E-state index in [0.29, 0.717) is 39.5 Å². The predicted octanol–water partition coefficient (Wildman–Crippen LogP) is 4.22. The summed E-state index contributed by atoms with van der Waals surface area (Å²) in [4.78, 5) is 13.0. The van der Waals surface area contributed by atoms with Crippen molar-refractivity contribution in [2.45, 2.75) is 6.10 Å². The van der Waals surface area contributed by atoms with E-state index in [0.717, 1.165) is 29.7 Å². The van der Waals surface area contributed by atoms with Crippen molar-refractivity contribution >= 4 is 39.7 Å². The molecule has 1 aliphatic heterocycles. The van der Waals surface area contributed by atoms with Gasteiger partial charge in [-0.25, -0.2) is 19.5 Å². The van der Waals surface area contributed by atoms with E-state index in [1.54, 1.807) is 42.1 Å². The molecule has 0 saturated carbocycles. The van der Waals surface area contributed by atoms with Crippen LogP contribution in [0.15, 0.2) is 61.3 Å². The van der Waals surface area contributed by atoms with Crippen molar-refractivity contribution in [3.8, 4) is 23.0 Å². The molecule has 2 N–H and O–H groups in total. The smallest absolute Gasteiger partial charge is 0.162 e. The predicted molar refractivity (Wildman–Crippen MR) is 131 cm³/mol. The molecular formula is C24H20ClN7O3. The van der Waals surface area contributed by atoms with Gasteiger partial charge in [-0.2, -0.15) is 5.10 Å². The lowest BCUT2D eigenvalue weighted by Gasteiger charge is -2.28. The lowest BCUT2D eigenvalue weighted by atomic mass is 10.2. The molecule has 5 aromatic rings. The maximum atomic E-state index is 6.53. The maximum Gasteiger partial charge on any atom is 0.162 e. The Hall–Kier alpha value is -4.15. The highest BCUT2D eigenvalue weighted by molar-refractivity contribution is 6.32. The molecule has 176 valence electrons. The molecule has 11 heteroatoms. The summed E-state index contributed by atoms with van der Waals surface area (Å²) < 4.78 is 19.2. The monoisotopic (exact) mass is 489 g/mol. The number of benzene rings is 2. The number of ether oxygens (including phenoxy) is 3. The minimum atomic E-state index is 0.110. The van der Waals surface area contributed by atoms with Crippen molar-refractivity contribution in [3.63, 3.8) is 0 Å². The summed E-state index contributed by atoms with van der Waals surface area (Å²) >= 11 is 6.53. The summed E-state index contributed by atoms with van der Waals surface area (Å²) in [7, 11) is 1.61. The van der Waals surface area contributed by atoms with E-state index in [4.69, 9.17) is 25.8 Å². The van der Waals surface area contributed by atoms with E-state index in [1.165, 1.54) is 12.7 Å². The molecule has 0 aliphatic carbocycles. The Morgan fingerprint density at radius 2 is 1.91 bits per heavy atom. The van der Waals surface area contributed by atoms with Crippen LogP contribution in [0, 0.1) is 0 Å². The lowest BCUT2D eigenvalue weighted by Crippen LogP contribution is -2.50. The Morgan fingerprint density at radius 3 is 2.71 bits per heavy atom. The highest BCUT2D eigenvalue weighted by Gasteiger charge is 2.21. The molecule has 1 saturated heterocycles. The van der Waals surface area contributed by atoms with Gasteiger partial charge in [0.05, 0.1) is 17.6 Å². The Kier molecular flexibility index (Phi) is 5.44. The zero-order valence-corrected chi connectivity index (χ0v) is 19.4. The van der Waals surface area contributed by atoms with E-state index >= 15 is 0 Å². The molecule has 0 unspecified atom stereocenters. The molecule has 2 aromatic carbocycles. The first-order valence-electron chi connectivity index (χ1n) is 10.9. The molecule has 0 amide bonds. The van der Waals surface area contributed by atoms with E-state index in [1.807, 2.05) is 18.2 Å². The number of fused-ring (bicyclic) bond motifs is 2. The first-order valence-corrected chi connectivity index (χ1v) is 11.3. The van der Waals surface area contributed by atoms with Gasteiger partial charge in [-0.1, -0.05) is 11.6 Å². The minimum absolute atomic E-state index is 0.110. The van der Waals surface area contributed by atoms with Gasteiger partial charge in [0.15, 0.2) is 17.1 Å². The van der Waals surface area contributed by atoms with Gasteiger partial charge >= 0.3 is 0 Å². The number of hydrogen-bond acceptors (Lipinski definition) is 9. The molecule has 0 atom stereocenters. The summed E-state index contributed by atoms with van der Waals surface area (Å²) in [5.41, 5.74) is 2.16. The van der Waals surface area contributed by atoms with Gasteiger partial charge in [-0.3, -0.25) is 0 Å². The van der Waals surface area contributed by atoms with E-state index in [2.05, 4.69) is 30.7 Å². The zero-order valence-electron chi connectivity index (χ0n) is 18.6. The number of rotatable bonds is 7. The van der Waals surface area contributed by atoms with E-state index in [-0.39, 0.29) is 6.10 Å². The average molecular weight is 490 g/mol. The Labute approximate surface area is 204 Å². The topological polar surface area (TPSA) is 108 Å². The molecular weight excluding hydrogens is 470 g/mol. The molecule has 0 radical (unpaired) electrons. The number of anilines is 2. The van der Waals surface area contributed by atoms with Gasteiger partial charge in [-0.05, 0) is 30.3 Å². The van der Waals surface area contributed by atoms with Crippen LogP contribution in [-0.2, 0) is 0 Å². The van der Waals surface area contributed by atoms with Gasteiger partial charge < -0.3 is 24.8 Å². The third-order valence-corrected chi connectivity index (χ3v) is 5.93. The highest BCUT2D eigenvalue weighted by atomic mass is 35.5. The van der Waals surface area contributed by atoms with Gasteiger partial charge in [-0.15, -0.1) is 0 Å². The molecule has 0 bridgehead atoms. The molecule has 1 aliphatic rings. The van der Waals surface area contributed by atoms with Crippen LogP contribution in [0.4, 0.5) is 11.5 Å². The van der Waals surface area contributed by atoms with Crippen LogP contribution >= 0.6 is 11.6 Å². The fraction of sp³-hybridized carbons (Fsp3) is 0.167. The Bertz CT molecular complexity index is 1540. The largest absolute Gasteiger partial charge is 0.493 e. The van der Waals surface area contributed by atoms with Crippen LogP contribution in [-0.4, -0.2) is 50.9 Å². The third-order valence-electron chi connectivity index (χ3n) is 5.63. The number of methoxy groups -OCH3 is 1. The lowest BCUT2D eigenvalue weighted by molar-refractivity contribution is 0.137. The quantitative estimate of drug-likeness (QED) is 0.347. The summed E-state index contributed by atoms with van der Waals surface area (Å²) in [5, 5.41) is 11.8. The second-order valence-electron chi connectivity index (χ2n) is 7.94. The molecule has 4 heterocycles. The van der Waals surface area contributed by atoms with Crippen LogP contribution in [0.1, 0.15) is 0 Å². The van der Waals surface area contributed by atoms with Gasteiger partial charge in [0.1, 0.15) is 36.1 Å². The summed E-state index contributed by atoms with van der Waals surface area (Å²) in [6, 6.07) is 12.8. The number of nitrogens with zero attached hydrogens (tertiary/aromatic N) is 5. The second kappa shape index (κ2) is 8.90. The minimum Gasteiger partial charge on any atom is -0.493 e. The molecule has 0 spiro atoms. The molecule has 35 heavy (non-hydrogen) atoms. The van der Waals surface area contributed by atoms with Crippen molar-refractivity contribution in [1.82, 2.24) is 29.9 Å². The fourth-order valence-electron chi connectivity index (χ4n) is 3.73. The normalized spacial score (nSPS) is 13.5. The Morgan fingerprint density at radius 1 is 1.00 bits per heavy atom. The van der Waals surface area contributed by atoms with Crippen molar-refractivity contribution in [2.75, 3.05) is 25.5 Å². The summed E-state index contributed by atoms with van der Waals surface area (Å²) in [6.07, 6.45) is 4.87. The van der Waals surface area contributed by atoms with Crippen molar-refractivity contribution < 1.29 is 14.2 Å². The van der Waals surface area contributed by atoms with Crippen LogP contribution < -0.4 is 24.8 Å². The average Bonchev–Trinajstić information content (AvgIpc) is 3.31. The number of halogens is 1. The third kappa shape index (κ3) is 4.25. The molecule has 10 nitrogen and oxygen atoms in total. The van der Waals surface area contributed by atoms with Crippen molar-refractivity contribution in [2.24, 2.45) is 0 Å². The van der Waals surface area contributed by atoms with Crippen LogP contribution in [0.5, 0.6) is 23.0 Å². The van der Waals surface area contributed by atoms with Crippen molar-refractivity contribution in [1.29, 1.82) is 0 Å². The maximum absolute atomic E-state index is 6.53. The van der Waals surface area contributed by atoms with Gasteiger partial charge in [0.25, 0.3) is 0 Å².